The van der Waals surface area contributed by atoms with Crippen LogP contribution in [0.1, 0.15) is 52.4 Å². The molecule has 2 rings (SSSR count). The van der Waals surface area contributed by atoms with Crippen molar-refractivity contribution in [2.75, 3.05) is 10.6 Å². The molecule has 1 aromatic heterocycles. The first-order valence-electron chi connectivity index (χ1n) is 7.66. The molecule has 0 saturated heterocycles. The molecular formula is C16H25N3O. The lowest BCUT2D eigenvalue weighted by molar-refractivity contribution is -0.117. The summed E-state index contributed by atoms with van der Waals surface area (Å²) in [5, 5.41) is 6.17. The Labute approximate surface area is 121 Å². The maximum Gasteiger partial charge on any atom is 0.224 e. The molecule has 1 heterocycles. The maximum atomic E-state index is 12.0. The van der Waals surface area contributed by atoms with Crippen molar-refractivity contribution >= 4 is 17.4 Å². The zero-order valence-corrected chi connectivity index (χ0v) is 12.5. The third-order valence-corrected chi connectivity index (χ3v) is 3.68. The Bertz CT molecular complexity index is 422. The van der Waals surface area contributed by atoms with E-state index >= 15 is 0 Å². The van der Waals surface area contributed by atoms with E-state index in [1.807, 2.05) is 12.1 Å². The fourth-order valence-corrected chi connectivity index (χ4v) is 2.71. The van der Waals surface area contributed by atoms with Crippen LogP contribution in [0.2, 0.25) is 0 Å². The van der Waals surface area contributed by atoms with Crippen molar-refractivity contribution in [2.24, 2.45) is 5.92 Å². The van der Waals surface area contributed by atoms with Crippen LogP contribution in [-0.2, 0) is 4.79 Å². The van der Waals surface area contributed by atoms with Gasteiger partial charge >= 0.3 is 0 Å². The van der Waals surface area contributed by atoms with E-state index in [0.717, 1.165) is 11.5 Å². The van der Waals surface area contributed by atoms with Gasteiger partial charge in [0.05, 0.1) is 11.9 Å². The van der Waals surface area contributed by atoms with Crippen molar-refractivity contribution in [2.45, 2.75) is 58.4 Å². The molecule has 0 aliphatic heterocycles. The molecule has 1 amide bonds. The van der Waals surface area contributed by atoms with E-state index in [0.29, 0.717) is 18.4 Å². The number of carbonyl (C=O) groups is 1. The van der Waals surface area contributed by atoms with Gasteiger partial charge in [0.2, 0.25) is 5.91 Å². The molecule has 0 radical (unpaired) electrons. The number of carbonyl (C=O) groups excluding carboxylic acids is 1. The van der Waals surface area contributed by atoms with Crippen LogP contribution in [0.5, 0.6) is 0 Å². The summed E-state index contributed by atoms with van der Waals surface area (Å²) in [7, 11) is 0. The van der Waals surface area contributed by atoms with E-state index in [9.17, 15) is 4.79 Å². The molecule has 0 aromatic carbocycles. The van der Waals surface area contributed by atoms with Crippen LogP contribution >= 0.6 is 0 Å². The van der Waals surface area contributed by atoms with Crippen LogP contribution in [0, 0.1) is 5.92 Å². The van der Waals surface area contributed by atoms with Gasteiger partial charge in [0, 0.05) is 12.5 Å². The van der Waals surface area contributed by atoms with E-state index in [2.05, 4.69) is 29.5 Å². The molecular weight excluding hydrogens is 250 g/mol. The van der Waals surface area contributed by atoms with E-state index in [-0.39, 0.29) is 5.91 Å². The van der Waals surface area contributed by atoms with Crippen LogP contribution in [0.15, 0.2) is 18.3 Å². The minimum Gasteiger partial charge on any atom is -0.368 e. The summed E-state index contributed by atoms with van der Waals surface area (Å²) in [5.74, 6) is 1.52. The van der Waals surface area contributed by atoms with Crippen molar-refractivity contribution in [3.63, 3.8) is 0 Å². The summed E-state index contributed by atoms with van der Waals surface area (Å²) >= 11 is 0. The normalized spacial score (nSPS) is 16.1. The number of hydrogen-bond donors (Lipinski definition) is 2. The predicted octanol–water partition coefficient (Wildman–Crippen LogP) is 3.81. The van der Waals surface area contributed by atoms with Gasteiger partial charge in [0.1, 0.15) is 5.82 Å². The average molecular weight is 275 g/mol. The van der Waals surface area contributed by atoms with E-state index in [1.165, 1.54) is 32.1 Å². The first-order valence-corrected chi connectivity index (χ1v) is 7.66. The van der Waals surface area contributed by atoms with Gasteiger partial charge in [-0.15, -0.1) is 0 Å². The highest BCUT2D eigenvalue weighted by atomic mass is 16.1. The SMILES string of the molecule is CC(C)Nc1ccc(NC(=O)CC2CCCCC2)cn1. The number of hydrogen-bond acceptors (Lipinski definition) is 3. The minimum atomic E-state index is 0.114. The molecule has 2 N–H and O–H groups in total. The van der Waals surface area contributed by atoms with Crippen molar-refractivity contribution in [3.05, 3.63) is 18.3 Å². The second-order valence-corrected chi connectivity index (χ2v) is 5.99. The van der Waals surface area contributed by atoms with Crippen LogP contribution in [0.25, 0.3) is 0 Å². The minimum absolute atomic E-state index is 0.114. The Kier molecular flexibility index (Phi) is 5.39. The van der Waals surface area contributed by atoms with Crippen molar-refractivity contribution in [1.82, 2.24) is 4.98 Å². The third-order valence-electron chi connectivity index (χ3n) is 3.68. The Hall–Kier alpha value is -1.58. The summed E-state index contributed by atoms with van der Waals surface area (Å²) in [6.45, 7) is 4.14. The highest BCUT2D eigenvalue weighted by Crippen LogP contribution is 2.26. The van der Waals surface area contributed by atoms with E-state index in [1.54, 1.807) is 6.20 Å². The van der Waals surface area contributed by atoms with Crippen molar-refractivity contribution in [3.8, 4) is 0 Å². The number of nitrogens with zero attached hydrogens (tertiary/aromatic N) is 1. The molecule has 0 spiro atoms. The summed E-state index contributed by atoms with van der Waals surface area (Å²) in [6.07, 6.45) is 8.62. The largest absolute Gasteiger partial charge is 0.368 e. The number of pyridine rings is 1. The van der Waals surface area contributed by atoms with Gasteiger partial charge in [-0.05, 0) is 44.7 Å². The predicted molar refractivity (Wildman–Crippen MR) is 82.8 cm³/mol. The van der Waals surface area contributed by atoms with Gasteiger partial charge in [0.25, 0.3) is 0 Å². The van der Waals surface area contributed by atoms with Gasteiger partial charge in [-0.25, -0.2) is 4.98 Å². The van der Waals surface area contributed by atoms with Crippen LogP contribution in [-0.4, -0.2) is 16.9 Å². The topological polar surface area (TPSA) is 54.0 Å². The number of nitrogens with one attached hydrogen (secondary N) is 2. The van der Waals surface area contributed by atoms with Gasteiger partial charge in [0.15, 0.2) is 0 Å². The lowest BCUT2D eigenvalue weighted by Gasteiger charge is -2.20. The van der Waals surface area contributed by atoms with Gasteiger partial charge in [-0.2, -0.15) is 0 Å². The molecule has 1 fully saturated rings. The highest BCUT2D eigenvalue weighted by Gasteiger charge is 2.17. The molecule has 0 unspecified atom stereocenters. The average Bonchev–Trinajstić information content (AvgIpc) is 2.41. The molecule has 1 aromatic rings. The molecule has 4 nitrogen and oxygen atoms in total. The van der Waals surface area contributed by atoms with Crippen molar-refractivity contribution < 1.29 is 4.79 Å². The van der Waals surface area contributed by atoms with Gasteiger partial charge in [-0.3, -0.25) is 4.79 Å². The third kappa shape index (κ3) is 4.83. The zero-order chi connectivity index (χ0) is 14.4. The highest BCUT2D eigenvalue weighted by molar-refractivity contribution is 5.90. The Morgan fingerprint density at radius 2 is 2.05 bits per heavy atom. The number of anilines is 2. The molecule has 1 aliphatic rings. The summed E-state index contributed by atoms with van der Waals surface area (Å²) in [6, 6.07) is 4.15. The van der Waals surface area contributed by atoms with Crippen LogP contribution in [0.3, 0.4) is 0 Å². The number of rotatable bonds is 5. The summed E-state index contributed by atoms with van der Waals surface area (Å²) in [5.41, 5.74) is 0.778. The first kappa shape index (κ1) is 14.8. The second-order valence-electron chi connectivity index (χ2n) is 5.99. The van der Waals surface area contributed by atoms with Crippen molar-refractivity contribution in [1.29, 1.82) is 0 Å². The molecule has 0 atom stereocenters. The smallest absolute Gasteiger partial charge is 0.224 e. The standard InChI is InChI=1S/C16H25N3O/c1-12(2)18-15-9-8-14(11-17-15)19-16(20)10-13-6-4-3-5-7-13/h8-9,11-13H,3-7,10H2,1-2H3,(H,17,18)(H,19,20). The molecule has 20 heavy (non-hydrogen) atoms. The maximum absolute atomic E-state index is 12.0. The molecule has 0 bridgehead atoms. The second kappa shape index (κ2) is 7.27. The van der Waals surface area contributed by atoms with Gasteiger partial charge < -0.3 is 10.6 Å². The van der Waals surface area contributed by atoms with Crippen LogP contribution in [0.4, 0.5) is 11.5 Å². The lowest BCUT2D eigenvalue weighted by Crippen LogP contribution is -2.18. The first-order chi connectivity index (χ1) is 9.63. The van der Waals surface area contributed by atoms with E-state index in [4.69, 9.17) is 0 Å². The number of aromatic nitrogens is 1. The lowest BCUT2D eigenvalue weighted by atomic mass is 9.87. The molecule has 110 valence electrons. The summed E-state index contributed by atoms with van der Waals surface area (Å²) in [4.78, 5) is 16.3. The fourth-order valence-electron chi connectivity index (χ4n) is 2.71. The summed E-state index contributed by atoms with van der Waals surface area (Å²) < 4.78 is 0. The van der Waals surface area contributed by atoms with Crippen LogP contribution < -0.4 is 10.6 Å². The molecule has 1 aliphatic carbocycles. The molecule has 4 heteroatoms. The van der Waals surface area contributed by atoms with Gasteiger partial charge in [-0.1, -0.05) is 19.3 Å². The Morgan fingerprint density at radius 1 is 1.30 bits per heavy atom. The Morgan fingerprint density at radius 3 is 2.65 bits per heavy atom. The molecule has 1 saturated carbocycles. The Balaban J connectivity index is 1.81. The monoisotopic (exact) mass is 275 g/mol. The van der Waals surface area contributed by atoms with E-state index < -0.39 is 0 Å². The number of amides is 1. The quantitative estimate of drug-likeness (QED) is 0.859. The zero-order valence-electron chi connectivity index (χ0n) is 12.5. The fraction of sp³-hybridized carbons (Fsp3) is 0.625.